The molecule has 0 saturated carbocycles. The van der Waals surface area contributed by atoms with Gasteiger partial charge in [-0.3, -0.25) is 0 Å². The van der Waals surface area contributed by atoms with Crippen LogP contribution in [0.5, 0.6) is 0 Å². The van der Waals surface area contributed by atoms with Gasteiger partial charge in [0.1, 0.15) is 17.6 Å². The van der Waals surface area contributed by atoms with E-state index in [1.54, 1.807) is 30.6 Å². The third-order valence-electron chi connectivity index (χ3n) is 2.85. The summed E-state index contributed by atoms with van der Waals surface area (Å²) in [5, 5.41) is 4.27. The van der Waals surface area contributed by atoms with E-state index in [1.165, 1.54) is 13.4 Å². The second-order valence-corrected chi connectivity index (χ2v) is 4.63. The molecule has 0 fully saturated rings. The van der Waals surface area contributed by atoms with Gasteiger partial charge in [0.2, 0.25) is 5.76 Å². The summed E-state index contributed by atoms with van der Waals surface area (Å²) in [6.07, 6.45) is 4.58. The van der Waals surface area contributed by atoms with Gasteiger partial charge in [-0.2, -0.15) is 0 Å². The van der Waals surface area contributed by atoms with Gasteiger partial charge in [-0.05, 0) is 18.2 Å². The topological polar surface area (TPSA) is 77.2 Å². The van der Waals surface area contributed by atoms with E-state index >= 15 is 0 Å². The number of hydrogen-bond donors (Lipinski definition) is 1. The van der Waals surface area contributed by atoms with Crippen LogP contribution >= 0.6 is 11.6 Å². The van der Waals surface area contributed by atoms with Crippen molar-refractivity contribution in [1.29, 1.82) is 0 Å². The first-order chi connectivity index (χ1) is 10.2. The molecule has 1 N–H and O–H groups in total. The number of rotatable bonds is 3. The Balaban J connectivity index is 2.17. The second-order valence-electron chi connectivity index (χ2n) is 4.19. The summed E-state index contributed by atoms with van der Waals surface area (Å²) in [6, 6.07) is 5.08. The summed E-state index contributed by atoms with van der Waals surface area (Å²) in [5.74, 6) is -0.514. The third-order valence-corrected chi connectivity index (χ3v) is 3.09. The molecule has 106 valence electrons. The summed E-state index contributed by atoms with van der Waals surface area (Å²) in [6.45, 7) is 0. The molecular weight excluding hydrogens is 294 g/mol. The number of nitrogens with one attached hydrogen (secondary N) is 1. The van der Waals surface area contributed by atoms with E-state index in [4.69, 9.17) is 20.8 Å². The lowest BCUT2D eigenvalue weighted by atomic mass is 10.2. The molecule has 6 nitrogen and oxygen atoms in total. The molecule has 2 aromatic heterocycles. The predicted octanol–water partition coefficient (Wildman–Crippen LogP) is 3.41. The molecule has 1 aromatic carbocycles. The van der Waals surface area contributed by atoms with E-state index in [2.05, 4.69) is 15.3 Å². The number of furan rings is 1. The fourth-order valence-corrected chi connectivity index (χ4v) is 2.11. The van der Waals surface area contributed by atoms with Crippen molar-refractivity contribution in [2.24, 2.45) is 0 Å². The number of hydrogen-bond acceptors (Lipinski definition) is 6. The van der Waals surface area contributed by atoms with Crippen molar-refractivity contribution in [2.75, 3.05) is 12.4 Å². The van der Waals surface area contributed by atoms with Crippen molar-refractivity contribution in [3.8, 4) is 0 Å². The van der Waals surface area contributed by atoms with Crippen molar-refractivity contribution in [3.05, 3.63) is 47.7 Å². The highest BCUT2D eigenvalue weighted by Gasteiger charge is 2.21. The van der Waals surface area contributed by atoms with Gasteiger partial charge in [0.05, 0.1) is 25.2 Å². The van der Waals surface area contributed by atoms with Crippen LogP contribution in [0.15, 0.2) is 41.3 Å². The zero-order chi connectivity index (χ0) is 14.8. The number of methoxy groups -OCH3 is 1. The number of fused-ring (bicyclic) bond motifs is 1. The lowest BCUT2D eigenvalue weighted by Crippen LogP contribution is -2.03. The zero-order valence-corrected chi connectivity index (χ0v) is 11.7. The quantitative estimate of drug-likeness (QED) is 0.747. The average Bonchev–Trinajstić information content (AvgIpc) is 2.86. The Bertz CT molecular complexity index is 802. The van der Waals surface area contributed by atoms with E-state index in [0.29, 0.717) is 27.4 Å². The number of carbonyl (C=O) groups excluding carboxylic acids is 1. The summed E-state index contributed by atoms with van der Waals surface area (Å²) in [5.41, 5.74) is 1.61. The standard InChI is InChI=1S/C14H10ClN3O3/c1-20-14(19)13-12(18-9-5-16-7-17-6-9)10-4-8(15)2-3-11(10)21-13/h2-7,18H,1H3. The van der Waals surface area contributed by atoms with E-state index in [-0.39, 0.29) is 5.76 Å². The molecule has 2 heterocycles. The van der Waals surface area contributed by atoms with E-state index in [0.717, 1.165) is 0 Å². The highest BCUT2D eigenvalue weighted by molar-refractivity contribution is 6.31. The fourth-order valence-electron chi connectivity index (χ4n) is 1.94. The molecule has 0 radical (unpaired) electrons. The number of aromatic nitrogens is 2. The summed E-state index contributed by atoms with van der Waals surface area (Å²) < 4.78 is 10.3. The Labute approximate surface area is 124 Å². The maximum atomic E-state index is 11.9. The molecule has 0 amide bonds. The number of ether oxygens (including phenoxy) is 1. The number of benzene rings is 1. The van der Waals surface area contributed by atoms with E-state index < -0.39 is 5.97 Å². The van der Waals surface area contributed by atoms with Crippen molar-refractivity contribution >= 4 is 39.9 Å². The molecule has 0 saturated heterocycles. The van der Waals surface area contributed by atoms with Crippen LogP contribution in [0.25, 0.3) is 11.0 Å². The van der Waals surface area contributed by atoms with Crippen molar-refractivity contribution in [3.63, 3.8) is 0 Å². The van der Waals surface area contributed by atoms with Gasteiger partial charge in [-0.25, -0.2) is 14.8 Å². The van der Waals surface area contributed by atoms with Crippen LogP contribution in [0, 0.1) is 0 Å². The predicted molar refractivity (Wildman–Crippen MR) is 77.9 cm³/mol. The Morgan fingerprint density at radius 1 is 1.33 bits per heavy atom. The monoisotopic (exact) mass is 303 g/mol. The Morgan fingerprint density at radius 3 is 2.81 bits per heavy atom. The Morgan fingerprint density at radius 2 is 2.10 bits per heavy atom. The molecular formula is C14H10ClN3O3. The Kier molecular flexibility index (Phi) is 3.45. The van der Waals surface area contributed by atoms with Gasteiger partial charge < -0.3 is 14.5 Å². The summed E-state index contributed by atoms with van der Waals surface area (Å²) in [7, 11) is 1.29. The molecule has 0 unspecified atom stereocenters. The van der Waals surface area contributed by atoms with Gasteiger partial charge in [-0.1, -0.05) is 11.6 Å². The van der Waals surface area contributed by atoms with Crippen LogP contribution < -0.4 is 5.32 Å². The smallest absolute Gasteiger partial charge is 0.376 e. The van der Waals surface area contributed by atoms with Crippen LogP contribution in [-0.2, 0) is 4.74 Å². The maximum Gasteiger partial charge on any atom is 0.376 e. The highest BCUT2D eigenvalue weighted by Crippen LogP contribution is 2.35. The number of esters is 1. The average molecular weight is 304 g/mol. The van der Waals surface area contributed by atoms with Gasteiger partial charge in [-0.15, -0.1) is 0 Å². The molecule has 0 bridgehead atoms. The SMILES string of the molecule is COC(=O)c1oc2ccc(Cl)cc2c1Nc1cncnc1. The molecule has 3 rings (SSSR count). The Hall–Kier alpha value is -2.60. The number of anilines is 2. The molecule has 21 heavy (non-hydrogen) atoms. The normalized spacial score (nSPS) is 10.6. The number of halogens is 1. The van der Waals surface area contributed by atoms with Crippen LogP contribution in [0.2, 0.25) is 5.02 Å². The molecule has 0 aliphatic heterocycles. The largest absolute Gasteiger partial charge is 0.463 e. The first kappa shape index (κ1) is 13.4. The molecule has 0 aliphatic rings. The number of carbonyl (C=O) groups is 1. The highest BCUT2D eigenvalue weighted by atomic mass is 35.5. The van der Waals surface area contributed by atoms with Gasteiger partial charge in [0, 0.05) is 10.4 Å². The van der Waals surface area contributed by atoms with E-state index in [9.17, 15) is 4.79 Å². The number of nitrogens with zero attached hydrogens (tertiary/aromatic N) is 2. The molecule has 0 atom stereocenters. The van der Waals surface area contributed by atoms with Crippen LogP contribution in [0.1, 0.15) is 10.6 Å². The first-order valence-corrected chi connectivity index (χ1v) is 6.39. The molecule has 7 heteroatoms. The third kappa shape index (κ3) is 2.53. The minimum Gasteiger partial charge on any atom is -0.463 e. The summed E-state index contributed by atoms with van der Waals surface area (Å²) >= 11 is 6.01. The van der Waals surface area contributed by atoms with Gasteiger partial charge in [0.15, 0.2) is 0 Å². The molecule has 0 spiro atoms. The molecule has 3 aromatic rings. The van der Waals surface area contributed by atoms with Crippen LogP contribution in [-0.4, -0.2) is 23.0 Å². The lowest BCUT2D eigenvalue weighted by Gasteiger charge is -2.05. The summed E-state index contributed by atoms with van der Waals surface area (Å²) in [4.78, 5) is 19.7. The van der Waals surface area contributed by atoms with Crippen molar-refractivity contribution < 1.29 is 13.9 Å². The lowest BCUT2D eigenvalue weighted by molar-refractivity contribution is 0.0569. The van der Waals surface area contributed by atoms with Crippen LogP contribution in [0.4, 0.5) is 11.4 Å². The van der Waals surface area contributed by atoms with Gasteiger partial charge >= 0.3 is 5.97 Å². The fraction of sp³-hybridized carbons (Fsp3) is 0.0714. The van der Waals surface area contributed by atoms with Crippen LogP contribution in [0.3, 0.4) is 0 Å². The molecule has 0 aliphatic carbocycles. The van der Waals surface area contributed by atoms with Crippen molar-refractivity contribution in [1.82, 2.24) is 9.97 Å². The maximum absolute atomic E-state index is 11.9. The van der Waals surface area contributed by atoms with E-state index in [1.807, 2.05) is 0 Å². The van der Waals surface area contributed by atoms with Gasteiger partial charge in [0.25, 0.3) is 0 Å². The zero-order valence-electron chi connectivity index (χ0n) is 11.0. The minimum absolute atomic E-state index is 0.0682. The minimum atomic E-state index is -0.582. The first-order valence-electron chi connectivity index (χ1n) is 6.01. The second kappa shape index (κ2) is 5.41. The van der Waals surface area contributed by atoms with Crippen molar-refractivity contribution in [2.45, 2.75) is 0 Å².